The molecule has 2 aromatic carbocycles. The summed E-state index contributed by atoms with van der Waals surface area (Å²) in [6.07, 6.45) is 1.58. The molecule has 3 aromatic rings. The molecule has 4 rings (SSSR count). The van der Waals surface area contributed by atoms with Crippen LogP contribution in [0, 0.1) is 6.92 Å². The molecule has 0 saturated heterocycles. The molecule has 0 spiro atoms. The van der Waals surface area contributed by atoms with Crippen LogP contribution in [0.1, 0.15) is 26.4 Å². The zero-order valence-electron chi connectivity index (χ0n) is 15.5. The number of hydrogen-bond donors (Lipinski definition) is 2. The standard InChI is InChI=1S/C20H14Cl2N4O4/c1-10-8-23-20(30)26(10)12-4-2-3-11(5-12)24-17(27)9-25-18(28)13-6-15(21)16(22)7-14(13)19(25)29/h2-8H,9H2,1H3,(H,23,30)(H,24,27). The van der Waals surface area contributed by atoms with Crippen molar-refractivity contribution in [3.05, 3.63) is 79.9 Å². The molecule has 3 amide bonds. The minimum atomic E-state index is -0.619. The maximum Gasteiger partial charge on any atom is 0.330 e. The Hall–Kier alpha value is -3.36. The number of amides is 3. The van der Waals surface area contributed by atoms with Crippen LogP contribution in [0.15, 0.2) is 47.4 Å². The number of H-pyrrole nitrogens is 1. The number of nitrogens with zero attached hydrogens (tertiary/aromatic N) is 2. The molecule has 0 bridgehead atoms. The third kappa shape index (κ3) is 3.40. The number of aromatic nitrogens is 2. The number of nitrogens with one attached hydrogen (secondary N) is 2. The second-order valence-electron chi connectivity index (χ2n) is 6.68. The highest BCUT2D eigenvalue weighted by atomic mass is 35.5. The highest BCUT2D eigenvalue weighted by molar-refractivity contribution is 6.43. The number of hydrogen-bond acceptors (Lipinski definition) is 4. The zero-order chi connectivity index (χ0) is 21.6. The van der Waals surface area contributed by atoms with E-state index in [4.69, 9.17) is 23.2 Å². The van der Waals surface area contributed by atoms with E-state index in [0.717, 1.165) is 4.90 Å². The minimum Gasteiger partial charge on any atom is -0.324 e. The first-order chi connectivity index (χ1) is 14.3. The van der Waals surface area contributed by atoms with Crippen molar-refractivity contribution in [3.8, 4) is 5.69 Å². The summed E-state index contributed by atoms with van der Waals surface area (Å²) < 4.78 is 1.45. The van der Waals surface area contributed by atoms with Crippen LogP contribution in [0.2, 0.25) is 10.0 Å². The van der Waals surface area contributed by atoms with Crippen molar-refractivity contribution in [1.82, 2.24) is 14.5 Å². The molecule has 8 nitrogen and oxygen atoms in total. The molecular formula is C20H14Cl2N4O4. The second-order valence-corrected chi connectivity index (χ2v) is 7.49. The Morgan fingerprint density at radius 1 is 1.03 bits per heavy atom. The van der Waals surface area contributed by atoms with Crippen molar-refractivity contribution in [1.29, 1.82) is 0 Å². The van der Waals surface area contributed by atoms with Gasteiger partial charge in [-0.05, 0) is 37.3 Å². The van der Waals surface area contributed by atoms with Gasteiger partial charge in [0.2, 0.25) is 5.91 Å². The number of rotatable bonds is 4. The fourth-order valence-electron chi connectivity index (χ4n) is 3.27. The van der Waals surface area contributed by atoms with Crippen LogP contribution in [0.5, 0.6) is 0 Å². The van der Waals surface area contributed by atoms with E-state index in [1.165, 1.54) is 16.7 Å². The van der Waals surface area contributed by atoms with Crippen LogP contribution in [0.4, 0.5) is 5.69 Å². The van der Waals surface area contributed by atoms with Gasteiger partial charge in [0.25, 0.3) is 11.8 Å². The Labute approximate surface area is 180 Å². The van der Waals surface area contributed by atoms with E-state index < -0.39 is 24.3 Å². The fraction of sp³-hybridized carbons (Fsp3) is 0.100. The van der Waals surface area contributed by atoms with Crippen molar-refractivity contribution in [2.75, 3.05) is 11.9 Å². The van der Waals surface area contributed by atoms with Gasteiger partial charge in [-0.3, -0.25) is 23.9 Å². The molecule has 1 aliphatic rings. The van der Waals surface area contributed by atoms with Crippen LogP contribution in [0.3, 0.4) is 0 Å². The highest BCUT2D eigenvalue weighted by Crippen LogP contribution is 2.31. The van der Waals surface area contributed by atoms with Gasteiger partial charge >= 0.3 is 5.69 Å². The Morgan fingerprint density at radius 3 is 2.23 bits per heavy atom. The Kier molecular flexibility index (Phi) is 4.97. The molecule has 1 aliphatic heterocycles. The first-order valence-corrected chi connectivity index (χ1v) is 9.54. The Morgan fingerprint density at radius 2 is 1.67 bits per heavy atom. The number of carbonyl (C=O) groups excluding carboxylic acids is 3. The number of aromatic amines is 1. The lowest BCUT2D eigenvalue weighted by atomic mass is 10.1. The lowest BCUT2D eigenvalue weighted by Crippen LogP contribution is -2.37. The van der Waals surface area contributed by atoms with Gasteiger partial charge in [0, 0.05) is 17.6 Å². The number of halogens is 2. The number of anilines is 1. The SMILES string of the molecule is Cc1c[nH]c(=O)n1-c1cccc(NC(=O)CN2C(=O)c3cc(Cl)c(Cl)cc3C2=O)c1. The summed E-state index contributed by atoms with van der Waals surface area (Å²) in [5.41, 5.74) is 1.57. The molecule has 0 atom stereocenters. The fourth-order valence-corrected chi connectivity index (χ4v) is 3.60. The predicted molar refractivity (Wildman–Crippen MR) is 112 cm³/mol. The number of fused-ring (bicyclic) bond motifs is 1. The summed E-state index contributed by atoms with van der Waals surface area (Å²) in [7, 11) is 0. The van der Waals surface area contributed by atoms with Crippen LogP contribution < -0.4 is 11.0 Å². The predicted octanol–water partition coefficient (Wildman–Crippen LogP) is 3.02. The third-order valence-electron chi connectivity index (χ3n) is 4.66. The maximum absolute atomic E-state index is 12.5. The van der Waals surface area contributed by atoms with Crippen LogP contribution >= 0.6 is 23.2 Å². The van der Waals surface area contributed by atoms with Crippen LogP contribution in [-0.4, -0.2) is 38.7 Å². The number of aryl methyl sites for hydroxylation is 1. The quantitative estimate of drug-likeness (QED) is 0.603. The van der Waals surface area contributed by atoms with Gasteiger partial charge < -0.3 is 10.3 Å². The van der Waals surface area contributed by atoms with Crippen molar-refractivity contribution in [2.45, 2.75) is 6.92 Å². The van der Waals surface area contributed by atoms with E-state index >= 15 is 0 Å². The lowest BCUT2D eigenvalue weighted by molar-refractivity contribution is -0.116. The zero-order valence-corrected chi connectivity index (χ0v) is 17.0. The van der Waals surface area contributed by atoms with Gasteiger partial charge in [-0.1, -0.05) is 29.3 Å². The average Bonchev–Trinajstić information content (AvgIpc) is 3.14. The normalized spacial score (nSPS) is 13.0. The molecule has 1 aromatic heterocycles. The van der Waals surface area contributed by atoms with E-state index in [0.29, 0.717) is 17.1 Å². The second kappa shape index (κ2) is 7.47. The van der Waals surface area contributed by atoms with Crippen molar-refractivity contribution in [3.63, 3.8) is 0 Å². The lowest BCUT2D eigenvalue weighted by Gasteiger charge is -2.14. The van der Waals surface area contributed by atoms with E-state index in [1.807, 2.05) is 0 Å². The van der Waals surface area contributed by atoms with E-state index in [1.54, 1.807) is 37.4 Å². The van der Waals surface area contributed by atoms with Gasteiger partial charge in [0.1, 0.15) is 6.54 Å². The minimum absolute atomic E-state index is 0.103. The summed E-state index contributed by atoms with van der Waals surface area (Å²) >= 11 is 11.9. The number of benzene rings is 2. The monoisotopic (exact) mass is 444 g/mol. The first kappa shape index (κ1) is 19.9. The average molecular weight is 445 g/mol. The Balaban J connectivity index is 1.52. The van der Waals surface area contributed by atoms with Crippen molar-refractivity contribution >= 4 is 46.6 Å². The van der Waals surface area contributed by atoms with Crippen LogP contribution in [0.25, 0.3) is 5.69 Å². The van der Waals surface area contributed by atoms with Crippen molar-refractivity contribution in [2.24, 2.45) is 0 Å². The van der Waals surface area contributed by atoms with E-state index in [2.05, 4.69) is 10.3 Å². The molecule has 0 fully saturated rings. The summed E-state index contributed by atoms with van der Waals surface area (Å²) in [5, 5.41) is 2.93. The topological polar surface area (TPSA) is 104 Å². The number of imide groups is 1. The van der Waals surface area contributed by atoms with Gasteiger partial charge in [-0.25, -0.2) is 4.79 Å². The summed E-state index contributed by atoms with van der Waals surface area (Å²) in [4.78, 5) is 52.9. The number of imidazole rings is 1. The van der Waals surface area contributed by atoms with Crippen LogP contribution in [-0.2, 0) is 4.79 Å². The third-order valence-corrected chi connectivity index (χ3v) is 5.38. The maximum atomic E-state index is 12.5. The summed E-state index contributed by atoms with van der Waals surface area (Å²) in [6, 6.07) is 9.28. The molecule has 2 N–H and O–H groups in total. The van der Waals surface area contributed by atoms with Crippen molar-refractivity contribution < 1.29 is 14.4 Å². The molecule has 0 aliphatic carbocycles. The Bertz CT molecular complexity index is 1240. The first-order valence-electron chi connectivity index (χ1n) is 8.79. The molecule has 0 saturated carbocycles. The molecular weight excluding hydrogens is 431 g/mol. The molecule has 0 radical (unpaired) electrons. The largest absolute Gasteiger partial charge is 0.330 e. The van der Waals surface area contributed by atoms with Gasteiger partial charge in [-0.15, -0.1) is 0 Å². The number of carbonyl (C=O) groups is 3. The summed E-state index contributed by atoms with van der Waals surface area (Å²) in [5.74, 6) is -1.81. The van der Waals surface area contributed by atoms with E-state index in [9.17, 15) is 19.2 Å². The molecule has 0 unspecified atom stereocenters. The van der Waals surface area contributed by atoms with Gasteiger partial charge in [0.05, 0.1) is 26.9 Å². The smallest absolute Gasteiger partial charge is 0.324 e. The molecule has 30 heavy (non-hydrogen) atoms. The molecule has 2 heterocycles. The van der Waals surface area contributed by atoms with E-state index in [-0.39, 0.29) is 26.9 Å². The summed E-state index contributed by atoms with van der Waals surface area (Å²) in [6.45, 7) is 1.29. The molecule has 152 valence electrons. The van der Waals surface area contributed by atoms with Gasteiger partial charge in [0.15, 0.2) is 0 Å². The highest BCUT2D eigenvalue weighted by Gasteiger charge is 2.37. The van der Waals surface area contributed by atoms with Gasteiger partial charge in [-0.2, -0.15) is 0 Å². The molecule has 10 heteroatoms.